The molecule has 0 aliphatic carbocycles. The molecule has 2 heterocycles. The van der Waals surface area contributed by atoms with Crippen molar-refractivity contribution in [1.82, 2.24) is 4.90 Å². The molecule has 2 amide bonds. The molecule has 2 saturated heterocycles. The van der Waals surface area contributed by atoms with Crippen LogP contribution in [0, 0.1) is 5.41 Å². The number of amides is 2. The summed E-state index contributed by atoms with van der Waals surface area (Å²) in [5.41, 5.74) is 4.60. The normalized spacial score (nSPS) is 26.5. The summed E-state index contributed by atoms with van der Waals surface area (Å²) in [6.07, 6.45) is 2.15. The smallest absolute Gasteiger partial charge is 0.223 e. The van der Waals surface area contributed by atoms with Gasteiger partial charge in [-0.1, -0.05) is 13.8 Å². The summed E-state index contributed by atoms with van der Waals surface area (Å²) >= 11 is 0. The summed E-state index contributed by atoms with van der Waals surface area (Å²) in [7, 11) is 0. The highest BCUT2D eigenvalue weighted by Gasteiger charge is 2.44. The minimum absolute atomic E-state index is 0.0165. The monoisotopic (exact) mass is 282 g/mol. The molecule has 2 rings (SSSR count). The minimum atomic E-state index is -0.707. The first-order valence-corrected chi connectivity index (χ1v) is 7.06. The Labute approximate surface area is 118 Å². The number of carbonyl (C=O) groups is 3. The number of ketones is 1. The average Bonchev–Trinajstić information content (AvgIpc) is 2.78. The Balaban J connectivity index is 1.98. The van der Waals surface area contributed by atoms with Gasteiger partial charge in [0.25, 0.3) is 0 Å². The first-order valence-electron chi connectivity index (χ1n) is 7.06. The third-order valence-corrected chi connectivity index (χ3v) is 4.30. The number of hydrogen-bond donors (Lipinski definition) is 1. The van der Waals surface area contributed by atoms with E-state index in [9.17, 15) is 14.4 Å². The molecule has 0 bridgehead atoms. The number of likely N-dealkylation sites (tertiary alicyclic amines) is 1. The second-order valence-corrected chi connectivity index (χ2v) is 6.24. The van der Waals surface area contributed by atoms with E-state index >= 15 is 0 Å². The van der Waals surface area contributed by atoms with Crippen molar-refractivity contribution in [3.05, 3.63) is 0 Å². The average molecular weight is 282 g/mol. The van der Waals surface area contributed by atoms with E-state index in [-0.39, 0.29) is 30.8 Å². The van der Waals surface area contributed by atoms with Gasteiger partial charge in [-0.2, -0.15) is 0 Å². The third-order valence-electron chi connectivity index (χ3n) is 4.30. The number of primary amides is 1. The number of rotatable bonds is 4. The molecule has 0 aromatic carbocycles. The number of fused-ring (bicyclic) bond motifs is 1. The Bertz CT molecular complexity index is 433. The van der Waals surface area contributed by atoms with Crippen LogP contribution in [0.25, 0.3) is 0 Å². The number of piperidine rings is 1. The lowest BCUT2D eigenvalue weighted by Gasteiger charge is -2.36. The predicted octanol–water partition coefficient (Wildman–Crippen LogP) is 0.237. The van der Waals surface area contributed by atoms with Crippen molar-refractivity contribution in [3.8, 4) is 0 Å². The zero-order valence-corrected chi connectivity index (χ0v) is 12.1. The van der Waals surface area contributed by atoms with E-state index < -0.39 is 17.4 Å². The molecule has 2 unspecified atom stereocenters. The Hall–Kier alpha value is -1.43. The van der Waals surface area contributed by atoms with Crippen LogP contribution in [0.15, 0.2) is 0 Å². The Morgan fingerprint density at radius 1 is 1.45 bits per heavy atom. The van der Waals surface area contributed by atoms with Gasteiger partial charge in [0.05, 0.1) is 6.10 Å². The first-order chi connectivity index (χ1) is 9.33. The van der Waals surface area contributed by atoms with Crippen LogP contribution in [0.3, 0.4) is 0 Å². The second-order valence-electron chi connectivity index (χ2n) is 6.24. The fourth-order valence-corrected chi connectivity index (χ4v) is 2.76. The van der Waals surface area contributed by atoms with Crippen LogP contribution in [0.1, 0.15) is 39.5 Å². The fraction of sp³-hybridized carbons (Fsp3) is 0.786. The minimum Gasteiger partial charge on any atom is -0.369 e. The molecule has 2 fully saturated rings. The van der Waals surface area contributed by atoms with Crippen LogP contribution in [-0.2, 0) is 19.1 Å². The molecule has 2 N–H and O–H groups in total. The standard InChI is InChI=1S/C14H22N2O4/c1-14(2,13(15)19)6-5-11(18)16-7-3-4-10-12(16)9(17)8-20-10/h10,12H,3-8H2,1-2H3,(H2,15,19). The van der Waals surface area contributed by atoms with Crippen molar-refractivity contribution < 1.29 is 19.1 Å². The van der Waals surface area contributed by atoms with E-state index in [1.165, 1.54) is 0 Å². The highest BCUT2D eigenvalue weighted by atomic mass is 16.5. The van der Waals surface area contributed by atoms with Gasteiger partial charge < -0.3 is 15.4 Å². The van der Waals surface area contributed by atoms with Gasteiger partial charge in [0.2, 0.25) is 11.8 Å². The van der Waals surface area contributed by atoms with Crippen molar-refractivity contribution in [1.29, 1.82) is 0 Å². The Morgan fingerprint density at radius 2 is 2.15 bits per heavy atom. The Morgan fingerprint density at radius 3 is 2.80 bits per heavy atom. The molecule has 0 saturated carbocycles. The van der Waals surface area contributed by atoms with Crippen LogP contribution >= 0.6 is 0 Å². The van der Waals surface area contributed by atoms with Gasteiger partial charge in [0.1, 0.15) is 12.6 Å². The molecule has 112 valence electrons. The van der Waals surface area contributed by atoms with Gasteiger partial charge in [-0.3, -0.25) is 14.4 Å². The van der Waals surface area contributed by atoms with Gasteiger partial charge >= 0.3 is 0 Å². The van der Waals surface area contributed by atoms with Gasteiger partial charge in [-0.05, 0) is 19.3 Å². The Kier molecular flexibility index (Phi) is 4.13. The summed E-state index contributed by atoms with van der Waals surface area (Å²) in [6.45, 7) is 4.15. The van der Waals surface area contributed by atoms with E-state index in [4.69, 9.17) is 10.5 Å². The summed E-state index contributed by atoms with van der Waals surface area (Å²) in [4.78, 5) is 37.1. The molecule has 6 heteroatoms. The lowest BCUT2D eigenvalue weighted by molar-refractivity contribution is -0.141. The molecule has 0 radical (unpaired) electrons. The quantitative estimate of drug-likeness (QED) is 0.799. The van der Waals surface area contributed by atoms with Gasteiger partial charge in [-0.15, -0.1) is 0 Å². The predicted molar refractivity (Wildman–Crippen MR) is 71.7 cm³/mol. The molecule has 2 aliphatic heterocycles. The number of ether oxygens (including phenoxy) is 1. The highest BCUT2D eigenvalue weighted by molar-refractivity contribution is 5.92. The summed E-state index contributed by atoms with van der Waals surface area (Å²) < 4.78 is 5.42. The molecule has 6 nitrogen and oxygen atoms in total. The molecule has 0 aromatic rings. The molecule has 2 atom stereocenters. The molecular formula is C14H22N2O4. The maximum atomic E-state index is 12.3. The lowest BCUT2D eigenvalue weighted by Crippen LogP contribution is -2.52. The summed E-state index contributed by atoms with van der Waals surface area (Å²) in [5.74, 6) is -0.521. The third kappa shape index (κ3) is 2.85. The zero-order valence-electron chi connectivity index (χ0n) is 12.1. The number of nitrogens with zero attached hydrogens (tertiary/aromatic N) is 1. The zero-order chi connectivity index (χ0) is 14.9. The maximum Gasteiger partial charge on any atom is 0.223 e. The second kappa shape index (κ2) is 5.52. The van der Waals surface area contributed by atoms with E-state index in [0.29, 0.717) is 13.0 Å². The van der Waals surface area contributed by atoms with Crippen LogP contribution in [0.4, 0.5) is 0 Å². The van der Waals surface area contributed by atoms with E-state index in [2.05, 4.69) is 0 Å². The SMILES string of the molecule is CC(C)(CCC(=O)N1CCCC2OCC(=O)C21)C(N)=O. The number of nitrogens with two attached hydrogens (primary N) is 1. The molecule has 20 heavy (non-hydrogen) atoms. The lowest BCUT2D eigenvalue weighted by atomic mass is 9.86. The van der Waals surface area contributed by atoms with Gasteiger partial charge in [0.15, 0.2) is 5.78 Å². The van der Waals surface area contributed by atoms with Crippen molar-refractivity contribution in [3.63, 3.8) is 0 Å². The van der Waals surface area contributed by atoms with Crippen molar-refractivity contribution in [2.75, 3.05) is 13.2 Å². The van der Waals surface area contributed by atoms with Crippen molar-refractivity contribution in [2.24, 2.45) is 11.1 Å². The molecule has 2 aliphatic rings. The van der Waals surface area contributed by atoms with Crippen molar-refractivity contribution in [2.45, 2.75) is 51.7 Å². The van der Waals surface area contributed by atoms with Crippen LogP contribution in [0.2, 0.25) is 0 Å². The number of hydrogen-bond acceptors (Lipinski definition) is 4. The van der Waals surface area contributed by atoms with Crippen LogP contribution in [0.5, 0.6) is 0 Å². The largest absolute Gasteiger partial charge is 0.369 e. The van der Waals surface area contributed by atoms with Crippen molar-refractivity contribution >= 4 is 17.6 Å². The van der Waals surface area contributed by atoms with E-state index in [1.54, 1.807) is 18.7 Å². The molecule has 0 spiro atoms. The summed E-state index contributed by atoms with van der Waals surface area (Å²) in [6, 6.07) is -0.423. The van der Waals surface area contributed by atoms with Crippen LogP contribution < -0.4 is 5.73 Å². The van der Waals surface area contributed by atoms with E-state index in [0.717, 1.165) is 12.8 Å². The topological polar surface area (TPSA) is 89.7 Å². The first kappa shape index (κ1) is 15.0. The van der Waals surface area contributed by atoms with Gasteiger partial charge in [0, 0.05) is 18.4 Å². The maximum absolute atomic E-state index is 12.3. The highest BCUT2D eigenvalue weighted by Crippen LogP contribution is 2.28. The van der Waals surface area contributed by atoms with Crippen LogP contribution in [-0.4, -0.2) is 47.8 Å². The van der Waals surface area contributed by atoms with E-state index in [1.807, 2.05) is 0 Å². The molecular weight excluding hydrogens is 260 g/mol. The molecule has 0 aromatic heterocycles. The summed E-state index contributed by atoms with van der Waals surface area (Å²) in [5, 5.41) is 0. The van der Waals surface area contributed by atoms with Gasteiger partial charge in [-0.25, -0.2) is 0 Å². The number of Topliss-reactive ketones (excluding diaryl/α,β-unsaturated/α-hetero) is 1. The fourth-order valence-electron chi connectivity index (χ4n) is 2.76. The number of carbonyl (C=O) groups excluding carboxylic acids is 3.